The number of amides is 2. The lowest BCUT2D eigenvalue weighted by molar-refractivity contribution is 0.0696. The van der Waals surface area contributed by atoms with Crippen LogP contribution in [0.1, 0.15) is 31.1 Å². The van der Waals surface area contributed by atoms with E-state index in [-0.39, 0.29) is 22.4 Å². The van der Waals surface area contributed by atoms with E-state index in [9.17, 15) is 14.4 Å². The summed E-state index contributed by atoms with van der Waals surface area (Å²) < 4.78 is 12.3. The Kier molecular flexibility index (Phi) is 4.25. The predicted octanol–water partition coefficient (Wildman–Crippen LogP) is 5.96. The van der Waals surface area contributed by atoms with Gasteiger partial charge in [0.05, 0.1) is 22.4 Å². The van der Waals surface area contributed by atoms with Crippen molar-refractivity contribution in [1.82, 2.24) is 0 Å². The van der Waals surface area contributed by atoms with Crippen LogP contribution in [0.25, 0.3) is 33.1 Å². The van der Waals surface area contributed by atoms with E-state index in [0.29, 0.717) is 22.3 Å². The van der Waals surface area contributed by atoms with Crippen molar-refractivity contribution in [2.24, 2.45) is 0 Å². The molecule has 0 unspecified atom stereocenters. The molecule has 0 radical (unpaired) electrons. The molecule has 2 heterocycles. The van der Waals surface area contributed by atoms with E-state index in [1.165, 1.54) is 36.4 Å². The Bertz CT molecular complexity index is 1620. The van der Waals surface area contributed by atoms with Gasteiger partial charge >= 0.3 is 5.97 Å². The highest BCUT2D eigenvalue weighted by Crippen LogP contribution is 2.33. The van der Waals surface area contributed by atoms with Crippen LogP contribution < -0.4 is 4.90 Å². The zero-order chi connectivity index (χ0) is 23.4. The molecule has 1 N–H and O–H groups in total. The lowest BCUT2D eigenvalue weighted by Gasteiger charge is -2.13. The van der Waals surface area contributed by atoms with Crippen LogP contribution in [0, 0.1) is 0 Å². The van der Waals surface area contributed by atoms with Crippen LogP contribution in [-0.2, 0) is 0 Å². The van der Waals surface area contributed by atoms with Gasteiger partial charge in [-0.2, -0.15) is 0 Å². The molecule has 0 aliphatic carbocycles. The summed E-state index contributed by atoms with van der Waals surface area (Å²) in [6.07, 6.45) is 0. The summed E-state index contributed by atoms with van der Waals surface area (Å²) >= 11 is 0. The molecule has 0 saturated carbocycles. The number of rotatable bonds is 2. The van der Waals surface area contributed by atoms with Crippen LogP contribution in [-0.4, -0.2) is 22.9 Å². The van der Waals surface area contributed by atoms with Gasteiger partial charge in [-0.05, 0) is 48.5 Å². The molecule has 1 aliphatic heterocycles. The Morgan fingerprint density at radius 1 is 0.647 bits per heavy atom. The summed E-state index contributed by atoms with van der Waals surface area (Å²) in [6, 6.07) is 23.6. The highest BCUT2D eigenvalue weighted by molar-refractivity contribution is 6.35. The van der Waals surface area contributed by atoms with E-state index in [4.69, 9.17) is 13.9 Å². The number of para-hydroxylation sites is 2. The highest BCUT2D eigenvalue weighted by Gasteiger charge is 2.37. The third kappa shape index (κ3) is 2.95. The SMILES string of the molecule is O=C(O)c1ccc(N2C(=O)c3cc4oc5ccccc5c5ccccc5oc4cc3C2=O)cc1. The van der Waals surface area contributed by atoms with Crippen molar-refractivity contribution in [3.05, 3.63) is 102 Å². The number of hydrogen-bond acceptors (Lipinski definition) is 5. The lowest BCUT2D eigenvalue weighted by atomic mass is 10.1. The number of carbonyl (C=O) groups excluding carboxylic acids is 2. The van der Waals surface area contributed by atoms with E-state index in [1.807, 2.05) is 48.5 Å². The molecule has 7 heteroatoms. The summed E-state index contributed by atoms with van der Waals surface area (Å²) in [5.74, 6) is -2.14. The Balaban J connectivity index is 1.59. The van der Waals surface area contributed by atoms with E-state index in [2.05, 4.69) is 0 Å². The van der Waals surface area contributed by atoms with Crippen molar-refractivity contribution in [3.63, 3.8) is 0 Å². The van der Waals surface area contributed by atoms with Gasteiger partial charge in [-0.15, -0.1) is 0 Å². The summed E-state index contributed by atoms with van der Waals surface area (Å²) in [5.41, 5.74) is 2.51. The molecular weight excluding hydrogens is 434 g/mol. The summed E-state index contributed by atoms with van der Waals surface area (Å²) in [6.45, 7) is 0. The molecule has 0 atom stereocenters. The maximum Gasteiger partial charge on any atom is 0.335 e. The molecular formula is C27H15NO6. The predicted molar refractivity (Wildman–Crippen MR) is 126 cm³/mol. The minimum atomic E-state index is -1.09. The van der Waals surface area contributed by atoms with Gasteiger partial charge in [0.1, 0.15) is 11.2 Å². The van der Waals surface area contributed by atoms with Crippen LogP contribution in [0.15, 0.2) is 93.8 Å². The minimum absolute atomic E-state index is 0.0578. The standard InChI is InChI=1S/C27H15NO6/c29-25-19-13-23-24(14-20(19)26(30)28(25)16-11-9-15(10-12-16)27(31)32)34-22-8-4-2-6-18(22)17-5-1-3-7-21(17)33-23/h1-14H,(H,31,32). The van der Waals surface area contributed by atoms with Crippen molar-refractivity contribution in [3.8, 4) is 0 Å². The number of nitrogens with zero attached hydrogens (tertiary/aromatic N) is 1. The average Bonchev–Trinajstić information content (AvgIpc) is 3.08. The Morgan fingerprint density at radius 2 is 1.12 bits per heavy atom. The molecule has 1 aromatic heterocycles. The van der Waals surface area contributed by atoms with Gasteiger partial charge in [0, 0.05) is 10.8 Å². The Morgan fingerprint density at radius 3 is 1.59 bits per heavy atom. The zero-order valence-corrected chi connectivity index (χ0v) is 17.5. The van der Waals surface area contributed by atoms with Gasteiger partial charge in [-0.3, -0.25) is 9.59 Å². The molecule has 34 heavy (non-hydrogen) atoms. The Labute approximate surface area is 191 Å². The van der Waals surface area contributed by atoms with Crippen LogP contribution in [0.4, 0.5) is 5.69 Å². The second-order valence-corrected chi connectivity index (χ2v) is 7.84. The number of carboxylic acid groups (broad SMARTS) is 1. The first-order valence-electron chi connectivity index (χ1n) is 10.5. The van der Waals surface area contributed by atoms with Crippen LogP contribution >= 0.6 is 0 Å². The van der Waals surface area contributed by atoms with Crippen molar-refractivity contribution in [2.45, 2.75) is 0 Å². The van der Waals surface area contributed by atoms with Gasteiger partial charge in [0.15, 0.2) is 11.2 Å². The molecule has 0 fully saturated rings. The van der Waals surface area contributed by atoms with Crippen molar-refractivity contribution < 1.29 is 28.3 Å². The molecule has 4 aromatic carbocycles. The fraction of sp³-hybridized carbons (Fsp3) is 0. The van der Waals surface area contributed by atoms with Gasteiger partial charge in [0.2, 0.25) is 0 Å². The molecule has 0 bridgehead atoms. The first-order valence-corrected chi connectivity index (χ1v) is 10.5. The molecule has 2 amide bonds. The third-order valence-electron chi connectivity index (χ3n) is 5.83. The Hall–Kier alpha value is -4.91. The van der Waals surface area contributed by atoms with Crippen molar-refractivity contribution in [1.29, 1.82) is 0 Å². The number of benzene rings is 4. The quantitative estimate of drug-likeness (QED) is 0.334. The lowest BCUT2D eigenvalue weighted by Crippen LogP contribution is -2.29. The maximum atomic E-state index is 13.2. The second-order valence-electron chi connectivity index (χ2n) is 7.84. The third-order valence-corrected chi connectivity index (χ3v) is 5.83. The van der Waals surface area contributed by atoms with Gasteiger partial charge in [-0.1, -0.05) is 36.4 Å². The van der Waals surface area contributed by atoms with E-state index < -0.39 is 17.8 Å². The van der Waals surface area contributed by atoms with Gasteiger partial charge < -0.3 is 13.9 Å². The monoisotopic (exact) mass is 449 g/mol. The molecule has 7 nitrogen and oxygen atoms in total. The molecule has 1 aliphatic rings. The minimum Gasteiger partial charge on any atom is -0.478 e. The number of carbonyl (C=O) groups is 3. The highest BCUT2D eigenvalue weighted by atomic mass is 16.4. The van der Waals surface area contributed by atoms with Crippen molar-refractivity contribution >= 4 is 56.6 Å². The number of carboxylic acids is 1. The number of fused-ring (bicyclic) bond motifs is 5. The average molecular weight is 449 g/mol. The number of aromatic carboxylic acids is 1. The number of imide groups is 1. The van der Waals surface area contributed by atoms with E-state index in [0.717, 1.165) is 15.7 Å². The molecule has 164 valence electrons. The normalized spacial score (nSPS) is 13.0. The topological polar surface area (TPSA) is 101 Å². The molecule has 6 rings (SSSR count). The van der Waals surface area contributed by atoms with E-state index in [1.54, 1.807) is 0 Å². The smallest absolute Gasteiger partial charge is 0.335 e. The molecule has 5 aromatic rings. The van der Waals surface area contributed by atoms with E-state index >= 15 is 0 Å². The van der Waals surface area contributed by atoms with Gasteiger partial charge in [0.25, 0.3) is 11.8 Å². The number of hydrogen-bond donors (Lipinski definition) is 1. The van der Waals surface area contributed by atoms with Crippen LogP contribution in [0.2, 0.25) is 0 Å². The zero-order valence-electron chi connectivity index (χ0n) is 17.5. The second kappa shape index (κ2) is 7.31. The number of anilines is 1. The fourth-order valence-corrected chi connectivity index (χ4v) is 4.19. The molecule has 0 spiro atoms. The first-order chi connectivity index (χ1) is 16.5. The van der Waals surface area contributed by atoms with Crippen molar-refractivity contribution in [2.75, 3.05) is 4.90 Å². The van der Waals surface area contributed by atoms with Gasteiger partial charge in [-0.25, -0.2) is 9.69 Å². The maximum absolute atomic E-state index is 13.2. The largest absolute Gasteiger partial charge is 0.478 e. The first kappa shape index (κ1) is 19.8. The summed E-state index contributed by atoms with van der Waals surface area (Å²) in [4.78, 5) is 38.6. The van der Waals surface area contributed by atoms with Crippen LogP contribution in [0.5, 0.6) is 0 Å². The summed E-state index contributed by atoms with van der Waals surface area (Å²) in [5, 5.41) is 10.8. The summed E-state index contributed by atoms with van der Waals surface area (Å²) in [7, 11) is 0. The van der Waals surface area contributed by atoms with Crippen LogP contribution in [0.3, 0.4) is 0 Å². The molecule has 0 saturated heterocycles. The fourth-order valence-electron chi connectivity index (χ4n) is 4.19.